The van der Waals surface area contributed by atoms with E-state index in [2.05, 4.69) is 23.3 Å². The second-order valence-electron chi connectivity index (χ2n) is 9.85. The Hall–Kier alpha value is -3.58. The van der Waals surface area contributed by atoms with Gasteiger partial charge < -0.3 is 14.2 Å². The molecule has 4 rings (SSSR count). The van der Waals surface area contributed by atoms with Crippen LogP contribution in [0.2, 0.25) is 0 Å². The Morgan fingerprint density at radius 1 is 1.18 bits per heavy atom. The molecule has 1 heterocycles. The number of hydrogen-bond donors (Lipinski definition) is 0. The Balaban J connectivity index is 1.42. The normalized spacial score (nSPS) is 13.7. The summed E-state index contributed by atoms with van der Waals surface area (Å²) in [4.78, 5) is 19.5. The maximum absolute atomic E-state index is 13.3. The Labute approximate surface area is 224 Å². The minimum atomic E-state index is -0.484. The molecule has 1 atom stereocenters. The van der Waals surface area contributed by atoms with Crippen LogP contribution in [0.3, 0.4) is 0 Å². The molecule has 3 aromatic rings. The van der Waals surface area contributed by atoms with E-state index >= 15 is 0 Å². The highest BCUT2D eigenvalue weighted by molar-refractivity contribution is 5.94. The molecule has 6 nitrogen and oxygen atoms in total. The number of rotatable bonds is 15. The van der Waals surface area contributed by atoms with Gasteiger partial charge in [-0.1, -0.05) is 60.6 Å². The zero-order valence-electron chi connectivity index (χ0n) is 22.1. The van der Waals surface area contributed by atoms with Gasteiger partial charge in [-0.05, 0) is 54.5 Å². The van der Waals surface area contributed by atoms with E-state index in [1.165, 1.54) is 0 Å². The molecule has 2 aromatic carbocycles. The number of allylic oxidation sites excluding steroid dienone is 2. The van der Waals surface area contributed by atoms with Gasteiger partial charge in [0.05, 0.1) is 18.4 Å². The van der Waals surface area contributed by atoms with Crippen LogP contribution in [0.1, 0.15) is 74.1 Å². The van der Waals surface area contributed by atoms with Crippen LogP contribution in [0.5, 0.6) is 0 Å². The number of amides is 1. The average molecular weight is 518 g/mol. The van der Waals surface area contributed by atoms with Crippen molar-refractivity contribution >= 4 is 11.6 Å². The van der Waals surface area contributed by atoms with Crippen LogP contribution in [0.15, 0.2) is 78.1 Å². The summed E-state index contributed by atoms with van der Waals surface area (Å²) in [7, 11) is 1.68. The first-order chi connectivity index (χ1) is 18.5. The predicted octanol–water partition coefficient (Wildman–Crippen LogP) is 7.50. The van der Waals surface area contributed by atoms with Gasteiger partial charge in [-0.15, -0.1) is 6.58 Å². The molecular weight excluding hydrogens is 481 g/mol. The molecule has 1 aliphatic rings. The number of aromatic nitrogens is 2. The van der Waals surface area contributed by atoms with E-state index in [9.17, 15) is 9.18 Å². The number of ether oxygens (including phenoxy) is 1. The number of carbonyl (C=O) groups is 1. The van der Waals surface area contributed by atoms with E-state index in [0.29, 0.717) is 25.0 Å². The second-order valence-corrected chi connectivity index (χ2v) is 9.85. The number of methoxy groups -OCH3 is 1. The second kappa shape index (κ2) is 13.3. The molecule has 7 heteroatoms. The minimum absolute atomic E-state index is 0.0154. The number of anilines is 1. The van der Waals surface area contributed by atoms with E-state index in [1.54, 1.807) is 12.0 Å². The summed E-state index contributed by atoms with van der Waals surface area (Å²) in [5.41, 5.74) is 3.95. The molecule has 1 aliphatic carbocycles. The molecule has 0 N–H and O–H groups in total. The maximum atomic E-state index is 13.3. The zero-order valence-corrected chi connectivity index (χ0v) is 22.1. The molecule has 0 radical (unpaired) electrons. The SMILES string of the molecule is C=CC(CCCCN(C(=O)CCC(=C)F)c1cccc(-c2ccc(COC)cc2)c1)c1nc(C2CC2)no1. The van der Waals surface area contributed by atoms with Crippen molar-refractivity contribution in [1.29, 1.82) is 0 Å². The highest BCUT2D eigenvalue weighted by Gasteiger charge is 2.29. The first-order valence-corrected chi connectivity index (χ1v) is 13.3. The Bertz CT molecular complexity index is 1230. The topological polar surface area (TPSA) is 68.5 Å². The smallest absolute Gasteiger partial charge is 0.233 e. The van der Waals surface area contributed by atoms with Gasteiger partial charge in [-0.25, -0.2) is 4.39 Å². The molecule has 1 unspecified atom stereocenters. The first-order valence-electron chi connectivity index (χ1n) is 13.3. The summed E-state index contributed by atoms with van der Waals surface area (Å²) >= 11 is 0. The molecule has 1 amide bonds. The van der Waals surface area contributed by atoms with Gasteiger partial charge in [0, 0.05) is 38.1 Å². The molecular formula is C31H36FN3O3. The number of benzene rings is 2. The highest BCUT2D eigenvalue weighted by Crippen LogP contribution is 2.39. The molecule has 1 fully saturated rings. The van der Waals surface area contributed by atoms with Crippen LogP contribution in [-0.2, 0) is 16.1 Å². The Morgan fingerprint density at radius 2 is 1.97 bits per heavy atom. The number of nitrogens with zero attached hydrogens (tertiary/aromatic N) is 3. The zero-order chi connectivity index (χ0) is 26.9. The number of unbranched alkanes of at least 4 members (excludes halogenated alkanes) is 1. The Morgan fingerprint density at radius 3 is 2.66 bits per heavy atom. The van der Waals surface area contributed by atoms with Crippen molar-refractivity contribution in [3.63, 3.8) is 0 Å². The van der Waals surface area contributed by atoms with Gasteiger partial charge in [-0.2, -0.15) is 4.98 Å². The lowest BCUT2D eigenvalue weighted by Crippen LogP contribution is -2.31. The minimum Gasteiger partial charge on any atom is -0.380 e. The lowest BCUT2D eigenvalue weighted by Gasteiger charge is -2.24. The number of hydrogen-bond acceptors (Lipinski definition) is 5. The van der Waals surface area contributed by atoms with E-state index < -0.39 is 5.83 Å². The van der Waals surface area contributed by atoms with Crippen molar-refractivity contribution < 1.29 is 18.4 Å². The molecule has 0 bridgehead atoms. The van der Waals surface area contributed by atoms with Crippen LogP contribution in [0.4, 0.5) is 10.1 Å². The predicted molar refractivity (Wildman–Crippen MR) is 147 cm³/mol. The lowest BCUT2D eigenvalue weighted by molar-refractivity contribution is -0.118. The molecule has 1 aromatic heterocycles. The maximum Gasteiger partial charge on any atom is 0.233 e. The fourth-order valence-electron chi connectivity index (χ4n) is 4.47. The average Bonchev–Trinajstić information content (AvgIpc) is 3.67. The molecule has 0 saturated heterocycles. The van der Waals surface area contributed by atoms with Crippen molar-refractivity contribution in [2.75, 3.05) is 18.6 Å². The van der Waals surface area contributed by atoms with Gasteiger partial charge in [0.15, 0.2) is 5.82 Å². The van der Waals surface area contributed by atoms with Crippen molar-refractivity contribution in [3.8, 4) is 11.1 Å². The summed E-state index contributed by atoms with van der Waals surface area (Å²) in [6.45, 7) is 8.34. The first kappa shape index (κ1) is 27.5. The van der Waals surface area contributed by atoms with Crippen LogP contribution in [-0.4, -0.2) is 29.7 Å². The van der Waals surface area contributed by atoms with Crippen molar-refractivity contribution in [1.82, 2.24) is 10.1 Å². The van der Waals surface area contributed by atoms with Crippen LogP contribution >= 0.6 is 0 Å². The monoisotopic (exact) mass is 517 g/mol. The molecule has 1 saturated carbocycles. The van der Waals surface area contributed by atoms with E-state index in [-0.39, 0.29) is 24.7 Å². The van der Waals surface area contributed by atoms with Crippen LogP contribution in [0.25, 0.3) is 11.1 Å². The third-order valence-corrected chi connectivity index (χ3v) is 6.82. The number of carbonyl (C=O) groups excluding carboxylic acids is 1. The summed E-state index contributed by atoms with van der Waals surface area (Å²) in [6, 6.07) is 16.1. The lowest BCUT2D eigenvalue weighted by atomic mass is 10.0. The number of halogens is 1. The molecule has 200 valence electrons. The van der Waals surface area contributed by atoms with Gasteiger partial charge in [0.1, 0.15) is 0 Å². The van der Waals surface area contributed by atoms with Crippen LogP contribution in [0, 0.1) is 0 Å². The quantitative estimate of drug-likeness (QED) is 0.154. The van der Waals surface area contributed by atoms with Gasteiger partial charge >= 0.3 is 0 Å². The fourth-order valence-corrected chi connectivity index (χ4v) is 4.47. The summed E-state index contributed by atoms with van der Waals surface area (Å²) < 4.78 is 24.0. The Kier molecular flexibility index (Phi) is 9.60. The van der Waals surface area contributed by atoms with E-state index in [4.69, 9.17) is 9.26 Å². The third-order valence-electron chi connectivity index (χ3n) is 6.82. The molecule has 0 spiro atoms. The van der Waals surface area contributed by atoms with Crippen molar-refractivity contribution in [2.45, 2.75) is 63.4 Å². The van der Waals surface area contributed by atoms with Crippen molar-refractivity contribution in [3.05, 3.63) is 90.9 Å². The molecule has 0 aliphatic heterocycles. The highest BCUT2D eigenvalue weighted by atomic mass is 19.1. The van der Waals surface area contributed by atoms with Gasteiger partial charge in [0.2, 0.25) is 11.8 Å². The largest absolute Gasteiger partial charge is 0.380 e. The molecule has 38 heavy (non-hydrogen) atoms. The fraction of sp³-hybridized carbons (Fsp3) is 0.387. The third kappa shape index (κ3) is 7.48. The summed E-state index contributed by atoms with van der Waals surface area (Å²) in [5.74, 6) is 1.23. The summed E-state index contributed by atoms with van der Waals surface area (Å²) in [5, 5.41) is 4.12. The van der Waals surface area contributed by atoms with E-state index in [0.717, 1.165) is 60.3 Å². The van der Waals surface area contributed by atoms with Crippen LogP contribution < -0.4 is 4.90 Å². The van der Waals surface area contributed by atoms with Crippen molar-refractivity contribution in [2.24, 2.45) is 0 Å². The van der Waals surface area contributed by atoms with Gasteiger partial charge in [-0.3, -0.25) is 4.79 Å². The summed E-state index contributed by atoms with van der Waals surface area (Å²) in [6.07, 6.45) is 6.61. The van der Waals surface area contributed by atoms with E-state index in [1.807, 2.05) is 54.6 Å². The van der Waals surface area contributed by atoms with Gasteiger partial charge in [0.25, 0.3) is 0 Å². The standard InChI is InChI=1S/C31H36FN3O3/c1-4-24(31-33-30(34-38-31)26-16-17-26)8-5-6-19-35(29(36)18-11-22(2)32)28-10-7-9-27(20-28)25-14-12-23(13-15-25)21-37-3/h4,7,9-10,12-15,20,24,26H,1-2,5-6,8,11,16-19,21H2,3H3.